The smallest absolute Gasteiger partial charge is 0.165 e. The number of benzene rings is 1. The van der Waals surface area contributed by atoms with Gasteiger partial charge in [0.1, 0.15) is 6.20 Å². The molecule has 0 fully saturated rings. The Bertz CT molecular complexity index is 532. The second-order valence-corrected chi connectivity index (χ2v) is 2.81. The summed E-state index contributed by atoms with van der Waals surface area (Å²) in [5.41, 5.74) is 2.35. The molecule has 0 saturated heterocycles. The fourth-order valence-corrected chi connectivity index (χ4v) is 1.52. The zero-order chi connectivity index (χ0) is 7.97. The summed E-state index contributed by atoms with van der Waals surface area (Å²) in [6.45, 7) is 0. The molecule has 0 saturated carbocycles. The molecule has 3 aromatic rings. The summed E-state index contributed by atoms with van der Waals surface area (Å²) in [5, 5.41) is 3.24. The SMILES string of the molecule is c1ccc2c(c1)[nH]n1ccc[n+]21. The first-order chi connectivity index (χ1) is 5.95. The highest BCUT2D eigenvalue weighted by Crippen LogP contribution is 2.04. The summed E-state index contributed by atoms with van der Waals surface area (Å²) in [6, 6.07) is 10.2. The number of hydrogen-bond donors (Lipinski definition) is 1. The van der Waals surface area contributed by atoms with Crippen LogP contribution in [0.1, 0.15) is 0 Å². The quantitative estimate of drug-likeness (QED) is 0.472. The van der Waals surface area contributed by atoms with Gasteiger partial charge in [-0.2, -0.15) is 5.10 Å². The van der Waals surface area contributed by atoms with E-state index in [1.165, 1.54) is 5.52 Å². The number of rotatable bonds is 0. The maximum atomic E-state index is 3.24. The molecule has 1 aromatic carbocycles. The number of nitrogens with one attached hydrogen (secondary N) is 1. The van der Waals surface area contributed by atoms with E-state index in [2.05, 4.69) is 21.7 Å². The number of hydrogen-bond acceptors (Lipinski definition) is 0. The molecule has 0 aliphatic carbocycles. The van der Waals surface area contributed by atoms with Gasteiger partial charge in [0, 0.05) is 6.07 Å². The van der Waals surface area contributed by atoms with E-state index in [-0.39, 0.29) is 0 Å². The van der Waals surface area contributed by atoms with Gasteiger partial charge in [0.25, 0.3) is 0 Å². The molecule has 0 aliphatic rings. The molecule has 1 N–H and O–H groups in total. The van der Waals surface area contributed by atoms with Crippen LogP contribution in [-0.4, -0.2) is 9.73 Å². The van der Waals surface area contributed by atoms with Crippen molar-refractivity contribution in [2.75, 3.05) is 0 Å². The first kappa shape index (κ1) is 5.83. The molecule has 0 spiro atoms. The van der Waals surface area contributed by atoms with Crippen LogP contribution < -0.4 is 4.52 Å². The van der Waals surface area contributed by atoms with Crippen molar-refractivity contribution in [1.82, 2.24) is 9.73 Å². The largest absolute Gasteiger partial charge is 0.201 e. The van der Waals surface area contributed by atoms with Crippen molar-refractivity contribution in [3.63, 3.8) is 0 Å². The minimum atomic E-state index is 1.15. The second kappa shape index (κ2) is 1.88. The van der Waals surface area contributed by atoms with Crippen LogP contribution in [0.4, 0.5) is 0 Å². The van der Waals surface area contributed by atoms with Crippen molar-refractivity contribution in [3.05, 3.63) is 42.7 Å². The zero-order valence-electron chi connectivity index (χ0n) is 6.44. The molecule has 0 radical (unpaired) electrons. The summed E-state index contributed by atoms with van der Waals surface area (Å²) in [5.74, 6) is 0. The average molecular weight is 158 g/mol. The lowest BCUT2D eigenvalue weighted by Gasteiger charge is -1.78. The molecule has 3 rings (SSSR count). The summed E-state index contributed by atoms with van der Waals surface area (Å²) >= 11 is 0. The average Bonchev–Trinajstić information content (AvgIpc) is 2.62. The molecule has 12 heavy (non-hydrogen) atoms. The maximum Gasteiger partial charge on any atom is 0.201 e. The van der Waals surface area contributed by atoms with Gasteiger partial charge in [-0.05, 0) is 12.1 Å². The fraction of sp³-hybridized carbons (Fsp3) is 0. The van der Waals surface area contributed by atoms with Gasteiger partial charge in [0.2, 0.25) is 5.52 Å². The number of fused-ring (bicyclic) bond motifs is 3. The van der Waals surface area contributed by atoms with E-state index < -0.39 is 0 Å². The fourth-order valence-electron chi connectivity index (χ4n) is 1.52. The van der Waals surface area contributed by atoms with Crippen LogP contribution in [0.3, 0.4) is 0 Å². The molecule has 0 amide bonds. The first-order valence-electron chi connectivity index (χ1n) is 3.91. The summed E-state index contributed by atoms with van der Waals surface area (Å²) < 4.78 is 4.01. The van der Waals surface area contributed by atoms with Crippen LogP contribution >= 0.6 is 0 Å². The predicted molar refractivity (Wildman–Crippen MR) is 44.9 cm³/mol. The van der Waals surface area contributed by atoms with E-state index in [0.29, 0.717) is 0 Å². The Morgan fingerprint density at radius 3 is 3.08 bits per heavy atom. The zero-order valence-corrected chi connectivity index (χ0v) is 6.44. The van der Waals surface area contributed by atoms with Crippen molar-refractivity contribution in [1.29, 1.82) is 0 Å². The van der Waals surface area contributed by atoms with Gasteiger partial charge < -0.3 is 0 Å². The van der Waals surface area contributed by atoms with Gasteiger partial charge in [-0.1, -0.05) is 16.8 Å². The maximum absolute atomic E-state index is 3.24. The lowest BCUT2D eigenvalue weighted by molar-refractivity contribution is -0.592. The summed E-state index contributed by atoms with van der Waals surface area (Å²) in [7, 11) is 0. The van der Waals surface area contributed by atoms with Gasteiger partial charge in [0.05, 0.1) is 6.20 Å². The van der Waals surface area contributed by atoms with Gasteiger partial charge in [0.15, 0.2) is 5.52 Å². The second-order valence-electron chi connectivity index (χ2n) is 2.81. The van der Waals surface area contributed by atoms with E-state index >= 15 is 0 Å². The van der Waals surface area contributed by atoms with E-state index in [9.17, 15) is 0 Å². The van der Waals surface area contributed by atoms with Gasteiger partial charge in [-0.3, -0.25) is 0 Å². The predicted octanol–water partition coefficient (Wildman–Crippen LogP) is 1.01. The molecule has 58 valence electrons. The molecular weight excluding hydrogens is 150 g/mol. The molecule has 3 heteroatoms. The Morgan fingerprint density at radius 1 is 1.17 bits per heavy atom. The lowest BCUT2D eigenvalue weighted by atomic mass is 10.3. The molecule has 2 aromatic heterocycles. The molecular formula is C9H8N3+. The van der Waals surface area contributed by atoms with Crippen molar-refractivity contribution in [2.45, 2.75) is 0 Å². The summed E-state index contributed by atoms with van der Waals surface area (Å²) in [6.07, 6.45) is 4.01. The standard InChI is InChI=1S/C9H8N3/c1-2-5-9-8(4-1)10-12-7-3-6-11(9)12/h1-7,10H/q+1. The Balaban J connectivity index is 2.68. The Hall–Kier alpha value is -1.77. The number of H-pyrrole nitrogens is 1. The molecule has 2 heterocycles. The lowest BCUT2D eigenvalue weighted by Crippen LogP contribution is -2.23. The number of nitrogens with zero attached hydrogens (tertiary/aromatic N) is 2. The third kappa shape index (κ3) is 0.580. The normalized spacial score (nSPS) is 11.3. The molecule has 3 nitrogen and oxygen atoms in total. The monoisotopic (exact) mass is 158 g/mol. The van der Waals surface area contributed by atoms with Crippen LogP contribution in [0.25, 0.3) is 11.0 Å². The summed E-state index contributed by atoms with van der Waals surface area (Å²) in [4.78, 5) is 0. The van der Waals surface area contributed by atoms with Crippen LogP contribution in [0.15, 0.2) is 42.7 Å². The number of para-hydroxylation sites is 2. The molecule has 0 unspecified atom stereocenters. The first-order valence-corrected chi connectivity index (χ1v) is 3.91. The minimum absolute atomic E-state index is 1.15. The van der Waals surface area contributed by atoms with E-state index in [0.717, 1.165) is 5.52 Å². The third-order valence-corrected chi connectivity index (χ3v) is 2.07. The Morgan fingerprint density at radius 2 is 2.08 bits per heavy atom. The van der Waals surface area contributed by atoms with Gasteiger partial charge in [-0.25, -0.2) is 0 Å². The molecule has 0 aliphatic heterocycles. The van der Waals surface area contributed by atoms with Crippen LogP contribution in [-0.2, 0) is 0 Å². The van der Waals surface area contributed by atoms with E-state index in [4.69, 9.17) is 0 Å². The highest BCUT2D eigenvalue weighted by Gasteiger charge is 2.07. The van der Waals surface area contributed by atoms with Crippen LogP contribution in [0, 0.1) is 0 Å². The Kier molecular flexibility index (Phi) is 0.913. The van der Waals surface area contributed by atoms with Crippen molar-refractivity contribution >= 4 is 11.0 Å². The van der Waals surface area contributed by atoms with E-state index in [1.54, 1.807) is 0 Å². The Labute approximate surface area is 68.8 Å². The van der Waals surface area contributed by atoms with Crippen molar-refractivity contribution in [2.24, 2.45) is 0 Å². The van der Waals surface area contributed by atoms with Gasteiger partial charge >= 0.3 is 0 Å². The third-order valence-electron chi connectivity index (χ3n) is 2.07. The van der Waals surface area contributed by atoms with Crippen LogP contribution in [0.5, 0.6) is 0 Å². The minimum Gasteiger partial charge on any atom is -0.165 e. The van der Waals surface area contributed by atoms with E-state index in [1.807, 2.05) is 35.2 Å². The molecule has 0 bridgehead atoms. The topological polar surface area (TPSA) is 24.3 Å². The number of aromatic nitrogens is 3. The highest BCUT2D eigenvalue weighted by atomic mass is 15.5. The van der Waals surface area contributed by atoms with Crippen molar-refractivity contribution < 1.29 is 4.52 Å². The highest BCUT2D eigenvalue weighted by molar-refractivity contribution is 5.69. The molecule has 0 atom stereocenters. The van der Waals surface area contributed by atoms with Crippen LogP contribution in [0.2, 0.25) is 0 Å². The van der Waals surface area contributed by atoms with Gasteiger partial charge in [-0.15, -0.1) is 4.52 Å². The van der Waals surface area contributed by atoms with Crippen molar-refractivity contribution in [3.8, 4) is 0 Å². The number of aromatic amines is 1.